The van der Waals surface area contributed by atoms with Crippen LogP contribution in [0.1, 0.15) is 106 Å². The van der Waals surface area contributed by atoms with Crippen molar-refractivity contribution in [3.63, 3.8) is 0 Å². The van der Waals surface area contributed by atoms with Crippen molar-refractivity contribution in [3.05, 3.63) is 11.6 Å². The number of ether oxygens (including phenoxy) is 6. The normalized spacial score (nSPS) is 56.2. The van der Waals surface area contributed by atoms with Crippen LogP contribution in [0.15, 0.2) is 11.6 Å². The first kappa shape index (κ1) is 50.5. The first-order valence-corrected chi connectivity index (χ1v) is 23.8. The average Bonchev–Trinajstić information content (AvgIpc) is 3.25. The zero-order valence-electron chi connectivity index (χ0n) is 39.0. The van der Waals surface area contributed by atoms with Crippen molar-refractivity contribution in [1.82, 2.24) is 0 Å². The minimum absolute atomic E-state index is 0.0996. The summed E-state index contributed by atoms with van der Waals surface area (Å²) in [6, 6.07) is 0. The first-order valence-electron chi connectivity index (χ1n) is 23.8. The smallest absolute Gasteiger partial charge is 0.335 e. The summed E-state index contributed by atoms with van der Waals surface area (Å²) in [4.78, 5) is 25.0. The summed E-state index contributed by atoms with van der Waals surface area (Å²) in [7, 11) is 0. The molecule has 66 heavy (non-hydrogen) atoms. The molecular formula is C47H74O19. The molecule has 19 nitrogen and oxygen atoms in total. The third-order valence-electron chi connectivity index (χ3n) is 19.4. The maximum Gasteiger partial charge on any atom is 0.335 e. The molecule has 5 aliphatic carbocycles. The summed E-state index contributed by atoms with van der Waals surface area (Å²) < 4.78 is 35.9. The van der Waals surface area contributed by atoms with E-state index in [4.69, 9.17) is 28.4 Å². The largest absolute Gasteiger partial charge is 0.481 e. The third kappa shape index (κ3) is 7.56. The van der Waals surface area contributed by atoms with Gasteiger partial charge in [-0.05, 0) is 106 Å². The molecule has 7 fully saturated rings. The zero-order valence-corrected chi connectivity index (χ0v) is 39.0. The summed E-state index contributed by atoms with van der Waals surface area (Å²) in [6.45, 7) is 13.4. The van der Waals surface area contributed by atoms with Crippen LogP contribution in [0.2, 0.25) is 0 Å². The van der Waals surface area contributed by atoms with Crippen molar-refractivity contribution in [2.75, 3.05) is 13.2 Å². The lowest BCUT2D eigenvalue weighted by atomic mass is 9.33. The molecule has 0 aromatic rings. The van der Waals surface area contributed by atoms with Crippen molar-refractivity contribution < 1.29 is 94.2 Å². The van der Waals surface area contributed by atoms with E-state index >= 15 is 0 Å². The zero-order chi connectivity index (χ0) is 48.4. The fourth-order valence-electron chi connectivity index (χ4n) is 14.8. The van der Waals surface area contributed by atoms with E-state index in [0.717, 1.165) is 25.7 Å². The lowest BCUT2D eigenvalue weighted by Gasteiger charge is -2.71. The molecule has 25 unspecified atom stereocenters. The number of allylic oxidation sites excluding steroid dienone is 2. The number of hydrogen-bond acceptors (Lipinski definition) is 17. The Labute approximate surface area is 385 Å². The molecule has 0 amide bonds. The van der Waals surface area contributed by atoms with Crippen LogP contribution in [-0.4, -0.2) is 180 Å². The van der Waals surface area contributed by atoms with Crippen LogP contribution >= 0.6 is 0 Å². The molecule has 3 saturated heterocycles. The maximum absolute atomic E-state index is 12.6. The Kier molecular flexibility index (Phi) is 13.3. The number of carboxylic acid groups (broad SMARTS) is 2. The quantitative estimate of drug-likeness (QED) is 0.110. The molecule has 3 aliphatic heterocycles. The minimum atomic E-state index is -2.04. The summed E-state index contributed by atoms with van der Waals surface area (Å²) in [5, 5.41) is 119. The first-order chi connectivity index (χ1) is 30.7. The Bertz CT molecular complexity index is 1870. The summed E-state index contributed by atoms with van der Waals surface area (Å²) in [5.41, 5.74) is -2.06. The molecule has 8 rings (SSSR count). The highest BCUT2D eigenvalue weighted by Gasteiger charge is 2.70. The molecule has 0 spiro atoms. The highest BCUT2D eigenvalue weighted by Crippen LogP contribution is 2.76. The predicted octanol–water partition coefficient (Wildman–Crippen LogP) is 0.408. The van der Waals surface area contributed by atoms with E-state index in [1.807, 2.05) is 6.92 Å². The van der Waals surface area contributed by atoms with Crippen LogP contribution in [0, 0.1) is 50.2 Å². The highest BCUT2D eigenvalue weighted by atomic mass is 16.8. The second-order valence-corrected chi connectivity index (χ2v) is 22.9. The predicted molar refractivity (Wildman–Crippen MR) is 227 cm³/mol. The van der Waals surface area contributed by atoms with E-state index in [9.17, 15) is 65.8 Å². The molecule has 4 saturated carbocycles. The fourth-order valence-corrected chi connectivity index (χ4v) is 14.8. The molecule has 3 heterocycles. The Morgan fingerprint density at radius 2 is 1.36 bits per heavy atom. The van der Waals surface area contributed by atoms with Gasteiger partial charge in [0.25, 0.3) is 0 Å². The number of aliphatic hydroxyl groups is 9. The molecule has 0 aromatic heterocycles. The topological polar surface area (TPSA) is 312 Å². The minimum Gasteiger partial charge on any atom is -0.481 e. The van der Waals surface area contributed by atoms with Gasteiger partial charge >= 0.3 is 11.9 Å². The Hall–Kier alpha value is -1.92. The van der Waals surface area contributed by atoms with E-state index in [2.05, 4.69) is 33.8 Å². The van der Waals surface area contributed by atoms with Crippen molar-refractivity contribution in [3.8, 4) is 0 Å². The van der Waals surface area contributed by atoms with Gasteiger partial charge < -0.3 is 84.6 Å². The van der Waals surface area contributed by atoms with E-state index in [1.54, 1.807) is 6.92 Å². The van der Waals surface area contributed by atoms with E-state index in [-0.39, 0.29) is 47.0 Å². The summed E-state index contributed by atoms with van der Waals surface area (Å²) in [5.74, 6) is -2.57. The maximum atomic E-state index is 12.6. The van der Waals surface area contributed by atoms with Crippen LogP contribution in [-0.2, 0) is 38.0 Å². The lowest BCUT2D eigenvalue weighted by molar-refractivity contribution is -0.387. The van der Waals surface area contributed by atoms with E-state index in [0.29, 0.717) is 25.7 Å². The van der Waals surface area contributed by atoms with Gasteiger partial charge in [-0.25, -0.2) is 4.79 Å². The van der Waals surface area contributed by atoms with E-state index < -0.39 is 133 Å². The molecule has 0 aromatic carbocycles. The molecule has 11 N–H and O–H groups in total. The Morgan fingerprint density at radius 3 is 2.02 bits per heavy atom. The summed E-state index contributed by atoms with van der Waals surface area (Å²) >= 11 is 0. The number of carbonyl (C=O) groups is 2. The average molecular weight is 943 g/mol. The standard InChI is InChI=1S/C47H74O19/c1-20-28(51)30(53)33(56)38(62-20)65-35-29(52)23(49)18-61-39(35)66-36-32(55)31(54)34(37(57)58)64-40(36)63-27-11-12-44(4)24(45(27,5)19-48)10-13-47(7)25(44)9-8-21-22-16-42(2,41(59)60)17-26(50)43(22,3)14-15-46(21,47)6/h8,20,22-36,38-40,48-56H,9-19H2,1-7H3,(H,57,58)(H,59,60). The van der Waals surface area contributed by atoms with Crippen LogP contribution in [0.3, 0.4) is 0 Å². The fraction of sp³-hybridized carbons (Fsp3) is 0.915. The second-order valence-electron chi connectivity index (χ2n) is 22.9. The van der Waals surface area contributed by atoms with Crippen molar-refractivity contribution in [2.45, 2.75) is 204 Å². The van der Waals surface area contributed by atoms with Gasteiger partial charge in [-0.15, -0.1) is 0 Å². The number of aliphatic carboxylic acids is 2. The molecule has 376 valence electrons. The summed E-state index contributed by atoms with van der Waals surface area (Å²) in [6.07, 6.45) is -17.5. The molecule has 0 bridgehead atoms. The van der Waals surface area contributed by atoms with Crippen molar-refractivity contribution >= 4 is 11.9 Å². The Morgan fingerprint density at radius 1 is 0.697 bits per heavy atom. The second kappa shape index (κ2) is 17.4. The van der Waals surface area contributed by atoms with Gasteiger partial charge in [0.15, 0.2) is 25.0 Å². The molecule has 19 heteroatoms. The van der Waals surface area contributed by atoms with Crippen molar-refractivity contribution in [1.29, 1.82) is 0 Å². The molecule has 25 atom stereocenters. The molecule has 8 aliphatic rings. The third-order valence-corrected chi connectivity index (χ3v) is 19.4. The van der Waals surface area contributed by atoms with Crippen LogP contribution < -0.4 is 0 Å². The molecular weight excluding hydrogens is 868 g/mol. The molecule has 0 radical (unpaired) electrons. The van der Waals surface area contributed by atoms with Crippen LogP contribution in [0.4, 0.5) is 0 Å². The monoisotopic (exact) mass is 942 g/mol. The van der Waals surface area contributed by atoms with E-state index in [1.165, 1.54) is 12.5 Å². The van der Waals surface area contributed by atoms with Gasteiger partial charge in [0.2, 0.25) is 0 Å². The van der Waals surface area contributed by atoms with Gasteiger partial charge in [-0.2, -0.15) is 0 Å². The number of fused-ring (bicyclic) bond motifs is 7. The number of carboxylic acids is 2. The number of aliphatic hydroxyl groups excluding tert-OH is 9. The van der Waals surface area contributed by atoms with Crippen LogP contribution in [0.5, 0.6) is 0 Å². The Balaban J connectivity index is 1.06. The van der Waals surface area contributed by atoms with Gasteiger partial charge in [0.05, 0.1) is 36.9 Å². The number of rotatable bonds is 9. The highest BCUT2D eigenvalue weighted by molar-refractivity contribution is 5.74. The number of hydrogen-bond donors (Lipinski definition) is 11. The van der Waals surface area contributed by atoms with Crippen LogP contribution in [0.25, 0.3) is 0 Å². The van der Waals surface area contributed by atoms with Gasteiger partial charge in [-0.3, -0.25) is 4.79 Å². The SMILES string of the molecule is CC1OC(OC2C(OC3C(OC4CCC5(C)C(CCC6(C)C5CC=C5C7CC(C)(C(=O)O)CC(O)C7(C)CCC56C)C4(C)CO)OC(C(=O)O)C(O)C3O)OCC(O)C2O)C(O)C(O)C1O. The van der Waals surface area contributed by atoms with Crippen molar-refractivity contribution in [2.24, 2.45) is 50.2 Å². The van der Waals surface area contributed by atoms with Gasteiger partial charge in [0, 0.05) is 10.8 Å². The van der Waals surface area contributed by atoms with Gasteiger partial charge in [0.1, 0.15) is 54.9 Å². The lowest BCUT2D eigenvalue weighted by Crippen LogP contribution is -2.68. The van der Waals surface area contributed by atoms with Gasteiger partial charge in [-0.1, -0.05) is 46.3 Å².